The van der Waals surface area contributed by atoms with Gasteiger partial charge < -0.3 is 20.1 Å². The first-order chi connectivity index (χ1) is 19.0. The summed E-state index contributed by atoms with van der Waals surface area (Å²) in [6.07, 6.45) is 5.09. The van der Waals surface area contributed by atoms with E-state index in [1.54, 1.807) is 23.1 Å². The predicted molar refractivity (Wildman–Crippen MR) is 142 cm³/mol. The van der Waals surface area contributed by atoms with Crippen LogP contribution in [0, 0.1) is 5.92 Å². The second-order valence-electron chi connectivity index (χ2n) is 9.28. The average Bonchev–Trinajstić information content (AvgIpc) is 3.46. The molecule has 0 atom stereocenters. The molecule has 5 rings (SSSR count). The molecule has 2 aromatic carbocycles. The number of carbonyl (C=O) groups is 3. The predicted octanol–water partition coefficient (Wildman–Crippen LogP) is 3.21. The summed E-state index contributed by atoms with van der Waals surface area (Å²) in [5.74, 6) is -1.18. The maximum Gasteiger partial charge on any atom is 0.309 e. The van der Waals surface area contributed by atoms with Crippen LogP contribution in [0.5, 0.6) is 5.88 Å². The van der Waals surface area contributed by atoms with Crippen LogP contribution in [0.3, 0.4) is 0 Å². The number of nitrogens with one attached hydrogen (secondary N) is 2. The zero-order valence-electron chi connectivity index (χ0n) is 21.4. The largest absolute Gasteiger partial charge is 0.408 e. The van der Waals surface area contributed by atoms with Crippen LogP contribution in [0.4, 0.5) is 5.69 Å². The van der Waals surface area contributed by atoms with Gasteiger partial charge in [0.2, 0.25) is 5.88 Å². The summed E-state index contributed by atoms with van der Waals surface area (Å²) in [5, 5.41) is 15.3. The number of aromatic nitrogens is 4. The maximum absolute atomic E-state index is 13.5. The summed E-state index contributed by atoms with van der Waals surface area (Å²) in [7, 11) is 0. The third-order valence-corrected chi connectivity index (χ3v) is 6.54. The summed E-state index contributed by atoms with van der Waals surface area (Å²) in [6, 6.07) is 14.2. The van der Waals surface area contributed by atoms with Crippen LogP contribution in [0.1, 0.15) is 46.2 Å². The van der Waals surface area contributed by atoms with E-state index in [4.69, 9.17) is 9.47 Å². The van der Waals surface area contributed by atoms with Crippen LogP contribution in [0.25, 0.3) is 10.8 Å². The Labute approximate surface area is 224 Å². The number of amides is 2. The Bertz CT molecular complexity index is 1500. The van der Waals surface area contributed by atoms with Gasteiger partial charge in [-0.25, -0.2) is 9.67 Å². The van der Waals surface area contributed by atoms with Crippen molar-refractivity contribution in [1.82, 2.24) is 25.3 Å². The highest BCUT2D eigenvalue weighted by atomic mass is 16.5. The second-order valence-corrected chi connectivity index (χ2v) is 9.28. The Hall–Kier alpha value is -4.64. The standard InChI is InChI=1S/C28H28N6O5/c1-18(35)39-25-9-8-24(26(32-25)28(37)29-16-19-10-14-38-15-11-19)31-27(36)23-7-6-20(17-34-13-12-30-33-34)21-4-2-3-5-22(21)23/h2-9,12-13,19H,10-11,14-17H2,1H3,(H,29,37)(H,31,36). The van der Waals surface area contributed by atoms with Crippen molar-refractivity contribution in [3.05, 3.63) is 77.7 Å². The van der Waals surface area contributed by atoms with Gasteiger partial charge in [-0.15, -0.1) is 5.10 Å². The van der Waals surface area contributed by atoms with Crippen LogP contribution in [0.2, 0.25) is 0 Å². The molecular formula is C28H28N6O5. The van der Waals surface area contributed by atoms with Crippen LogP contribution in [-0.2, 0) is 16.1 Å². The van der Waals surface area contributed by atoms with Gasteiger partial charge in [-0.05, 0) is 47.2 Å². The highest BCUT2D eigenvalue weighted by Crippen LogP contribution is 2.26. The quantitative estimate of drug-likeness (QED) is 0.333. The number of rotatable bonds is 8. The number of pyridine rings is 1. The number of ether oxygens (including phenoxy) is 2. The van der Waals surface area contributed by atoms with E-state index in [2.05, 4.69) is 25.9 Å². The molecule has 200 valence electrons. The van der Waals surface area contributed by atoms with Crippen molar-refractivity contribution in [2.45, 2.75) is 26.3 Å². The van der Waals surface area contributed by atoms with Gasteiger partial charge in [0.1, 0.15) is 0 Å². The highest BCUT2D eigenvalue weighted by Gasteiger charge is 2.21. The highest BCUT2D eigenvalue weighted by molar-refractivity contribution is 6.15. The Morgan fingerprint density at radius 2 is 1.82 bits per heavy atom. The SMILES string of the molecule is CC(=O)Oc1ccc(NC(=O)c2ccc(Cn3ccnn3)c3ccccc23)c(C(=O)NCC2CCOCC2)n1. The summed E-state index contributed by atoms with van der Waals surface area (Å²) in [4.78, 5) is 42.4. The summed E-state index contributed by atoms with van der Waals surface area (Å²) in [5.41, 5.74) is 1.58. The van der Waals surface area contributed by atoms with Crippen molar-refractivity contribution in [3.63, 3.8) is 0 Å². The Kier molecular flexibility index (Phi) is 7.88. The van der Waals surface area contributed by atoms with E-state index in [0.717, 1.165) is 29.2 Å². The molecule has 2 N–H and O–H groups in total. The van der Waals surface area contributed by atoms with Gasteiger partial charge in [0, 0.05) is 44.5 Å². The van der Waals surface area contributed by atoms with E-state index < -0.39 is 17.8 Å². The Balaban J connectivity index is 1.41. The number of esters is 1. The van der Waals surface area contributed by atoms with Crippen molar-refractivity contribution in [1.29, 1.82) is 0 Å². The third-order valence-electron chi connectivity index (χ3n) is 6.54. The van der Waals surface area contributed by atoms with Crippen molar-refractivity contribution in [3.8, 4) is 5.88 Å². The molecule has 0 bridgehead atoms. The minimum absolute atomic E-state index is 0.0281. The van der Waals surface area contributed by atoms with Gasteiger partial charge in [0.05, 0.1) is 18.4 Å². The summed E-state index contributed by atoms with van der Waals surface area (Å²) in [6.45, 7) is 3.52. The molecule has 1 fully saturated rings. The van der Waals surface area contributed by atoms with E-state index in [1.165, 1.54) is 19.1 Å². The van der Waals surface area contributed by atoms with Crippen molar-refractivity contribution >= 4 is 34.2 Å². The number of nitrogens with zero attached hydrogens (tertiary/aromatic N) is 4. The first kappa shape index (κ1) is 26.0. The Morgan fingerprint density at radius 1 is 1.03 bits per heavy atom. The first-order valence-electron chi connectivity index (χ1n) is 12.7. The van der Waals surface area contributed by atoms with E-state index in [0.29, 0.717) is 37.8 Å². The van der Waals surface area contributed by atoms with Crippen LogP contribution in [0.15, 0.2) is 60.9 Å². The van der Waals surface area contributed by atoms with Gasteiger partial charge in [0.15, 0.2) is 5.69 Å². The molecule has 0 radical (unpaired) electrons. The van der Waals surface area contributed by atoms with Gasteiger partial charge in [-0.1, -0.05) is 35.5 Å². The monoisotopic (exact) mass is 528 g/mol. The van der Waals surface area contributed by atoms with Gasteiger partial charge >= 0.3 is 5.97 Å². The van der Waals surface area contributed by atoms with Gasteiger partial charge in [-0.2, -0.15) is 0 Å². The molecule has 0 spiro atoms. The van der Waals surface area contributed by atoms with Crippen molar-refractivity contribution < 1.29 is 23.9 Å². The molecule has 11 nitrogen and oxygen atoms in total. The molecule has 0 saturated carbocycles. The summed E-state index contributed by atoms with van der Waals surface area (Å²) >= 11 is 0. The summed E-state index contributed by atoms with van der Waals surface area (Å²) < 4.78 is 12.2. The van der Waals surface area contributed by atoms with E-state index in [9.17, 15) is 14.4 Å². The molecule has 11 heteroatoms. The first-order valence-corrected chi connectivity index (χ1v) is 12.7. The third kappa shape index (κ3) is 6.27. The fourth-order valence-corrected chi connectivity index (χ4v) is 4.57. The molecule has 1 aliphatic rings. The number of fused-ring (bicyclic) bond motifs is 1. The lowest BCUT2D eigenvalue weighted by atomic mass is 9.99. The maximum atomic E-state index is 13.5. The van der Waals surface area contributed by atoms with E-state index >= 15 is 0 Å². The molecule has 2 amide bonds. The minimum atomic E-state index is -0.565. The number of carbonyl (C=O) groups excluding carboxylic acids is 3. The van der Waals surface area contributed by atoms with Crippen molar-refractivity contribution in [2.24, 2.45) is 5.92 Å². The van der Waals surface area contributed by atoms with Gasteiger partial charge in [0.25, 0.3) is 11.8 Å². The van der Waals surface area contributed by atoms with E-state index in [1.807, 2.05) is 30.3 Å². The zero-order chi connectivity index (χ0) is 27.2. The molecule has 39 heavy (non-hydrogen) atoms. The van der Waals surface area contributed by atoms with Crippen LogP contribution in [-0.4, -0.2) is 57.5 Å². The second kappa shape index (κ2) is 11.8. The topological polar surface area (TPSA) is 137 Å². The Morgan fingerprint density at radius 3 is 2.56 bits per heavy atom. The molecule has 4 aromatic rings. The molecule has 3 heterocycles. The molecule has 0 unspecified atom stereocenters. The number of anilines is 1. The lowest BCUT2D eigenvalue weighted by Crippen LogP contribution is -2.33. The molecule has 1 aliphatic heterocycles. The smallest absolute Gasteiger partial charge is 0.309 e. The average molecular weight is 529 g/mol. The molecule has 0 aliphatic carbocycles. The zero-order valence-corrected chi connectivity index (χ0v) is 21.4. The van der Waals surface area contributed by atoms with Crippen LogP contribution < -0.4 is 15.4 Å². The molecule has 1 saturated heterocycles. The normalized spacial score (nSPS) is 13.7. The van der Waals surface area contributed by atoms with E-state index in [-0.39, 0.29) is 17.3 Å². The lowest BCUT2D eigenvalue weighted by Gasteiger charge is -2.22. The van der Waals surface area contributed by atoms with Gasteiger partial charge in [-0.3, -0.25) is 14.4 Å². The minimum Gasteiger partial charge on any atom is -0.408 e. The lowest BCUT2D eigenvalue weighted by molar-refractivity contribution is -0.132. The molecular weight excluding hydrogens is 500 g/mol. The molecule has 2 aromatic heterocycles. The number of hydrogen-bond acceptors (Lipinski definition) is 8. The number of benzene rings is 2. The van der Waals surface area contributed by atoms with Crippen molar-refractivity contribution in [2.75, 3.05) is 25.1 Å². The number of hydrogen-bond donors (Lipinski definition) is 2. The van der Waals surface area contributed by atoms with Crippen LogP contribution >= 0.6 is 0 Å². The fourth-order valence-electron chi connectivity index (χ4n) is 4.57. The fraction of sp³-hybridized carbons (Fsp3) is 0.286.